The number of fused-ring (bicyclic) bond motifs is 1. The van der Waals surface area contributed by atoms with Gasteiger partial charge in [-0.15, -0.1) is 5.10 Å². The quantitative estimate of drug-likeness (QED) is 0.355. The fraction of sp³-hybridized carbons (Fsp3) is 0.333. The number of aryl methyl sites for hydroxylation is 2. The maximum atomic E-state index is 13.6. The minimum atomic E-state index is -3.85. The van der Waals surface area contributed by atoms with Crippen molar-refractivity contribution < 1.29 is 23.1 Å². The van der Waals surface area contributed by atoms with Gasteiger partial charge in [-0.1, -0.05) is 23.4 Å². The highest BCUT2D eigenvalue weighted by Crippen LogP contribution is 2.55. The zero-order chi connectivity index (χ0) is 27.5. The van der Waals surface area contributed by atoms with Gasteiger partial charge >= 0.3 is 5.97 Å². The van der Waals surface area contributed by atoms with Gasteiger partial charge < -0.3 is 9.84 Å². The topological polar surface area (TPSA) is 132 Å². The number of hydrogen-bond acceptors (Lipinski definition) is 7. The molecule has 11 nitrogen and oxygen atoms in total. The number of carbonyl (C=O) groups is 1. The van der Waals surface area contributed by atoms with Crippen LogP contribution in [0.4, 0.5) is 0 Å². The summed E-state index contributed by atoms with van der Waals surface area (Å²) in [5, 5.41) is 22.6. The van der Waals surface area contributed by atoms with Crippen LogP contribution in [-0.4, -0.2) is 62.7 Å². The van der Waals surface area contributed by atoms with Crippen LogP contribution in [0.5, 0.6) is 5.75 Å². The molecule has 0 spiro atoms. The molecule has 1 saturated carbocycles. The van der Waals surface area contributed by atoms with E-state index in [1.807, 2.05) is 24.4 Å². The molecule has 1 N–H and O–H groups in total. The number of benzene rings is 2. The van der Waals surface area contributed by atoms with E-state index in [2.05, 4.69) is 15.4 Å². The second-order valence-electron chi connectivity index (χ2n) is 10.0. The van der Waals surface area contributed by atoms with E-state index in [9.17, 15) is 18.3 Å². The van der Waals surface area contributed by atoms with Gasteiger partial charge in [-0.2, -0.15) is 9.40 Å². The van der Waals surface area contributed by atoms with Crippen LogP contribution in [0.2, 0.25) is 0 Å². The lowest BCUT2D eigenvalue weighted by Gasteiger charge is -2.26. The summed E-state index contributed by atoms with van der Waals surface area (Å²) in [7, 11) is 0.993. The highest BCUT2D eigenvalue weighted by molar-refractivity contribution is 7.89. The Balaban J connectivity index is 1.37. The van der Waals surface area contributed by atoms with Gasteiger partial charge in [0.2, 0.25) is 10.0 Å². The number of sulfonamides is 1. The van der Waals surface area contributed by atoms with Gasteiger partial charge in [0.1, 0.15) is 16.2 Å². The summed E-state index contributed by atoms with van der Waals surface area (Å²) >= 11 is 0. The van der Waals surface area contributed by atoms with E-state index in [-0.39, 0.29) is 28.3 Å². The number of aromatic carboxylic acids is 1. The van der Waals surface area contributed by atoms with Crippen molar-refractivity contribution in [3.63, 3.8) is 0 Å². The number of methoxy groups -OCH3 is 1. The van der Waals surface area contributed by atoms with Crippen LogP contribution in [0.3, 0.4) is 0 Å². The van der Waals surface area contributed by atoms with Gasteiger partial charge in [0.25, 0.3) is 0 Å². The fourth-order valence-electron chi connectivity index (χ4n) is 5.68. The van der Waals surface area contributed by atoms with Gasteiger partial charge in [-0.05, 0) is 54.7 Å². The normalized spacial score (nSPS) is 20.3. The third-order valence-electron chi connectivity index (χ3n) is 7.76. The number of carboxylic acids is 1. The van der Waals surface area contributed by atoms with E-state index in [1.54, 1.807) is 47.7 Å². The molecule has 2 heterocycles. The number of rotatable bonds is 8. The van der Waals surface area contributed by atoms with Crippen LogP contribution in [-0.2, 0) is 23.5 Å². The maximum Gasteiger partial charge on any atom is 0.339 e. The van der Waals surface area contributed by atoms with Crippen LogP contribution in [0.1, 0.15) is 63.6 Å². The van der Waals surface area contributed by atoms with E-state index in [4.69, 9.17) is 4.74 Å². The van der Waals surface area contributed by atoms with Crippen molar-refractivity contribution in [3.8, 4) is 11.4 Å². The largest absolute Gasteiger partial charge is 0.495 e. The van der Waals surface area contributed by atoms with Gasteiger partial charge in [0, 0.05) is 32.1 Å². The number of para-hydroxylation sites is 1. The fourth-order valence-corrected chi connectivity index (χ4v) is 7.20. The van der Waals surface area contributed by atoms with Crippen LogP contribution in [0.15, 0.2) is 59.8 Å². The van der Waals surface area contributed by atoms with E-state index in [0.717, 1.165) is 29.7 Å². The van der Waals surface area contributed by atoms with Crippen molar-refractivity contribution in [1.29, 1.82) is 0 Å². The van der Waals surface area contributed by atoms with Crippen LogP contribution in [0.25, 0.3) is 5.69 Å². The standard InChI is InChI=1S/C27H28N6O5S/c1-31-15-22(29-30-31)19-13-20(19)26-21(27(34)35)14-28-33(26)17-10-8-16-9-11-23(18(16)12-17)32(2)39(36,37)25-7-5-4-6-24(25)38-3/h4-8,10,12,14-15,19-20,23H,9,11,13H2,1-3H3,(H,34,35)/t19-,20-,23?/m1/s1. The van der Waals surface area contributed by atoms with Gasteiger partial charge in [0.05, 0.1) is 36.4 Å². The first-order valence-electron chi connectivity index (χ1n) is 12.6. The molecule has 12 heteroatoms. The molecule has 6 rings (SSSR count). The van der Waals surface area contributed by atoms with E-state index >= 15 is 0 Å². The lowest BCUT2D eigenvalue weighted by molar-refractivity contribution is 0.0695. The second-order valence-corrected chi connectivity index (χ2v) is 12.0. The lowest BCUT2D eigenvalue weighted by atomic mass is 10.1. The molecule has 1 unspecified atom stereocenters. The number of nitrogens with zero attached hydrogens (tertiary/aromatic N) is 6. The summed E-state index contributed by atoms with van der Waals surface area (Å²) < 4.78 is 37.3. The summed E-state index contributed by atoms with van der Waals surface area (Å²) in [6.07, 6.45) is 5.35. The number of ether oxygens (including phenoxy) is 1. The highest BCUT2D eigenvalue weighted by atomic mass is 32.2. The Kier molecular flexibility index (Phi) is 6.03. The highest BCUT2D eigenvalue weighted by Gasteiger charge is 2.46. The molecular weight excluding hydrogens is 520 g/mol. The first-order chi connectivity index (χ1) is 18.7. The summed E-state index contributed by atoms with van der Waals surface area (Å²) in [6, 6.07) is 12.0. The Morgan fingerprint density at radius 3 is 2.69 bits per heavy atom. The van der Waals surface area contributed by atoms with E-state index in [0.29, 0.717) is 23.6 Å². The monoisotopic (exact) mass is 548 g/mol. The molecule has 0 radical (unpaired) electrons. The average molecular weight is 549 g/mol. The Labute approximate surface area is 225 Å². The number of hydrogen-bond donors (Lipinski definition) is 1. The van der Waals surface area contributed by atoms with Crippen molar-refractivity contribution in [2.24, 2.45) is 7.05 Å². The average Bonchev–Trinajstić information content (AvgIpc) is 3.24. The molecule has 0 bridgehead atoms. The first-order valence-corrected chi connectivity index (χ1v) is 14.1. The minimum Gasteiger partial charge on any atom is -0.495 e. The molecule has 2 aromatic heterocycles. The summed E-state index contributed by atoms with van der Waals surface area (Å²) in [6.45, 7) is 0. The second kappa shape index (κ2) is 9.31. The van der Waals surface area contributed by atoms with Crippen LogP contribution >= 0.6 is 0 Å². The maximum absolute atomic E-state index is 13.6. The zero-order valence-electron chi connectivity index (χ0n) is 21.7. The predicted molar refractivity (Wildman–Crippen MR) is 141 cm³/mol. The zero-order valence-corrected chi connectivity index (χ0v) is 22.5. The molecule has 202 valence electrons. The van der Waals surface area contributed by atoms with E-state index < -0.39 is 16.0 Å². The van der Waals surface area contributed by atoms with Crippen molar-refractivity contribution in [3.05, 3.63) is 82.9 Å². The minimum absolute atomic E-state index is 0.0616. The van der Waals surface area contributed by atoms with Crippen molar-refractivity contribution in [2.75, 3.05) is 14.2 Å². The Bertz CT molecular complexity index is 1690. The molecule has 3 atom stereocenters. The summed E-state index contributed by atoms with van der Waals surface area (Å²) in [5.41, 5.74) is 4.22. The number of carboxylic acid groups (broad SMARTS) is 1. The Hall–Kier alpha value is -4.03. The molecule has 2 aliphatic rings. The third kappa shape index (κ3) is 4.20. The molecule has 0 aliphatic heterocycles. The molecule has 39 heavy (non-hydrogen) atoms. The van der Waals surface area contributed by atoms with Gasteiger partial charge in [-0.25, -0.2) is 17.9 Å². The van der Waals surface area contributed by atoms with Gasteiger partial charge in [0.15, 0.2) is 0 Å². The molecular formula is C27H28N6O5S. The molecule has 0 saturated heterocycles. The SMILES string of the molecule is COc1ccccc1S(=O)(=O)N(C)C1CCc2ccc(-n3ncc(C(=O)O)c3[C@@H]3C[C@H]3c3cn(C)nn3)cc21. The lowest BCUT2D eigenvalue weighted by Crippen LogP contribution is -2.30. The molecule has 2 aliphatic carbocycles. The third-order valence-corrected chi connectivity index (χ3v) is 9.67. The summed E-state index contributed by atoms with van der Waals surface area (Å²) in [4.78, 5) is 12.2. The van der Waals surface area contributed by atoms with E-state index in [1.165, 1.54) is 17.6 Å². The Morgan fingerprint density at radius 1 is 1.18 bits per heavy atom. The van der Waals surface area contributed by atoms with Crippen LogP contribution < -0.4 is 4.74 Å². The number of aromatic nitrogens is 5. The summed E-state index contributed by atoms with van der Waals surface area (Å²) in [5.74, 6) is -0.747. The first kappa shape index (κ1) is 25.3. The van der Waals surface area contributed by atoms with Crippen molar-refractivity contribution >= 4 is 16.0 Å². The van der Waals surface area contributed by atoms with Crippen molar-refractivity contribution in [1.82, 2.24) is 29.1 Å². The molecule has 1 fully saturated rings. The molecule has 2 aromatic carbocycles. The van der Waals surface area contributed by atoms with Gasteiger partial charge in [-0.3, -0.25) is 4.68 Å². The smallest absolute Gasteiger partial charge is 0.339 e. The molecule has 4 aromatic rings. The Morgan fingerprint density at radius 2 is 1.97 bits per heavy atom. The van der Waals surface area contributed by atoms with Crippen molar-refractivity contribution in [2.45, 2.75) is 42.0 Å². The predicted octanol–water partition coefficient (Wildman–Crippen LogP) is 3.29. The van der Waals surface area contributed by atoms with Crippen LogP contribution in [0, 0.1) is 0 Å². The molecule has 0 amide bonds.